The molecule has 7 nitrogen and oxygen atoms in total. The lowest BCUT2D eigenvalue weighted by molar-refractivity contribution is -0.176. The number of fused-ring (bicyclic) bond motifs is 4. The van der Waals surface area contributed by atoms with Crippen LogP contribution in [0.4, 0.5) is 36.3 Å². The van der Waals surface area contributed by atoms with Crippen molar-refractivity contribution in [2.45, 2.75) is 44.8 Å². The highest BCUT2D eigenvalue weighted by Crippen LogP contribution is 2.40. The standard InChI is InChI=1S/C23H27F3N6O/c1-14-6-7-19(27-11-14)29-22(33)17-10-18-20(28-16-5-3-8-31(18)13-16)30-21(17)32-9-2-4-15(12-32)23(24,25)26/h6-7,10-11,15-16H,2-5,8-9,12-13H2,1H3,(H,28,30)(H,27,29,33)/t15-,16-/m0/s1. The lowest BCUT2D eigenvalue weighted by Gasteiger charge is -2.42. The summed E-state index contributed by atoms with van der Waals surface area (Å²) in [6.07, 6.45) is -0.0825. The van der Waals surface area contributed by atoms with E-state index in [0.29, 0.717) is 30.4 Å². The number of hydrogen-bond acceptors (Lipinski definition) is 6. The Labute approximate surface area is 190 Å². The fourth-order valence-electron chi connectivity index (χ4n) is 4.92. The number of hydrogen-bond donors (Lipinski definition) is 2. The van der Waals surface area contributed by atoms with Crippen LogP contribution in [-0.2, 0) is 0 Å². The minimum atomic E-state index is -4.28. The minimum Gasteiger partial charge on any atom is -0.366 e. The molecular formula is C23H27F3N6O. The van der Waals surface area contributed by atoms with Crippen LogP contribution in [0.5, 0.6) is 0 Å². The van der Waals surface area contributed by atoms with Gasteiger partial charge in [-0.15, -0.1) is 0 Å². The van der Waals surface area contributed by atoms with Gasteiger partial charge in [-0.05, 0) is 50.3 Å². The van der Waals surface area contributed by atoms with Crippen molar-refractivity contribution in [3.63, 3.8) is 0 Å². The van der Waals surface area contributed by atoms with Crippen LogP contribution in [0.15, 0.2) is 24.4 Å². The molecule has 0 unspecified atom stereocenters. The molecule has 33 heavy (non-hydrogen) atoms. The van der Waals surface area contributed by atoms with Crippen LogP contribution >= 0.6 is 0 Å². The van der Waals surface area contributed by atoms with Crippen LogP contribution in [0.3, 0.4) is 0 Å². The summed E-state index contributed by atoms with van der Waals surface area (Å²) in [5.41, 5.74) is 2.05. The molecule has 2 fully saturated rings. The smallest absolute Gasteiger partial charge is 0.366 e. The van der Waals surface area contributed by atoms with Crippen molar-refractivity contribution >= 4 is 29.0 Å². The molecule has 2 N–H and O–H groups in total. The molecule has 2 atom stereocenters. The van der Waals surface area contributed by atoms with Crippen LogP contribution in [0.1, 0.15) is 41.6 Å². The van der Waals surface area contributed by atoms with E-state index in [1.807, 2.05) is 13.0 Å². The number of carbonyl (C=O) groups is 1. The number of halogens is 3. The average Bonchev–Trinajstić information content (AvgIpc) is 2.79. The van der Waals surface area contributed by atoms with Gasteiger partial charge < -0.3 is 20.4 Å². The number of nitrogens with zero attached hydrogens (tertiary/aromatic N) is 4. The molecule has 0 aliphatic carbocycles. The number of amides is 1. The summed E-state index contributed by atoms with van der Waals surface area (Å²) in [6, 6.07) is 5.57. The van der Waals surface area contributed by atoms with Crippen LogP contribution in [0.25, 0.3) is 0 Å². The second-order valence-electron chi connectivity index (χ2n) is 9.16. The highest BCUT2D eigenvalue weighted by molar-refractivity contribution is 6.08. The van der Waals surface area contributed by atoms with Crippen LogP contribution < -0.4 is 20.4 Å². The first-order valence-corrected chi connectivity index (χ1v) is 11.4. The molecule has 2 saturated heterocycles. The molecule has 176 valence electrons. The van der Waals surface area contributed by atoms with Crippen molar-refractivity contribution in [1.82, 2.24) is 9.97 Å². The van der Waals surface area contributed by atoms with Gasteiger partial charge in [0.25, 0.3) is 5.91 Å². The van der Waals surface area contributed by atoms with E-state index in [1.54, 1.807) is 23.2 Å². The van der Waals surface area contributed by atoms with E-state index >= 15 is 0 Å². The van der Waals surface area contributed by atoms with Crippen molar-refractivity contribution in [2.75, 3.05) is 46.6 Å². The maximum atomic E-state index is 13.5. The Morgan fingerprint density at radius 2 is 1.94 bits per heavy atom. The molecule has 0 saturated carbocycles. The molecule has 0 aromatic carbocycles. The molecular weight excluding hydrogens is 433 g/mol. The third-order valence-electron chi connectivity index (χ3n) is 6.67. The van der Waals surface area contributed by atoms with Crippen LogP contribution in [-0.4, -0.2) is 54.3 Å². The molecule has 1 amide bonds. The molecule has 2 bridgehead atoms. The van der Waals surface area contributed by atoms with Crippen molar-refractivity contribution in [3.8, 4) is 0 Å². The molecule has 5 rings (SSSR count). The first kappa shape index (κ1) is 21.8. The number of aromatic nitrogens is 2. The molecule has 3 aliphatic rings. The van der Waals surface area contributed by atoms with Crippen LogP contribution in [0.2, 0.25) is 0 Å². The van der Waals surface area contributed by atoms with Gasteiger partial charge in [0, 0.05) is 38.4 Å². The lowest BCUT2D eigenvalue weighted by atomic mass is 9.96. The number of pyridine rings is 2. The van der Waals surface area contributed by atoms with E-state index in [0.717, 1.165) is 37.2 Å². The van der Waals surface area contributed by atoms with E-state index < -0.39 is 18.0 Å². The Hall–Kier alpha value is -3.04. The van der Waals surface area contributed by atoms with Gasteiger partial charge in [0.2, 0.25) is 0 Å². The normalized spacial score (nSPS) is 22.4. The summed E-state index contributed by atoms with van der Waals surface area (Å²) in [5, 5.41) is 6.22. The van der Waals surface area contributed by atoms with E-state index in [9.17, 15) is 18.0 Å². The van der Waals surface area contributed by atoms with Gasteiger partial charge in [0.15, 0.2) is 5.82 Å². The molecule has 10 heteroatoms. The lowest BCUT2D eigenvalue weighted by Crippen LogP contribution is -2.47. The van der Waals surface area contributed by atoms with E-state index in [1.165, 1.54) is 0 Å². The zero-order valence-electron chi connectivity index (χ0n) is 18.5. The monoisotopic (exact) mass is 460 g/mol. The van der Waals surface area contributed by atoms with Gasteiger partial charge in [0.05, 0.1) is 17.2 Å². The van der Waals surface area contributed by atoms with E-state index in [2.05, 4.69) is 20.5 Å². The number of rotatable bonds is 3. The van der Waals surface area contributed by atoms with E-state index in [-0.39, 0.29) is 24.6 Å². The number of nitrogens with one attached hydrogen (secondary N) is 2. The Morgan fingerprint density at radius 1 is 1.15 bits per heavy atom. The van der Waals surface area contributed by atoms with Crippen molar-refractivity contribution < 1.29 is 18.0 Å². The zero-order valence-corrected chi connectivity index (χ0v) is 18.5. The fraction of sp³-hybridized carbons (Fsp3) is 0.522. The van der Waals surface area contributed by atoms with Gasteiger partial charge in [-0.2, -0.15) is 13.2 Å². The highest BCUT2D eigenvalue weighted by atomic mass is 19.4. The molecule has 2 aromatic rings. The molecule has 0 radical (unpaired) electrons. The summed E-state index contributed by atoms with van der Waals surface area (Å²) >= 11 is 0. The second kappa shape index (κ2) is 8.39. The number of anilines is 4. The first-order chi connectivity index (χ1) is 15.8. The Morgan fingerprint density at radius 3 is 2.70 bits per heavy atom. The predicted octanol–water partition coefficient (Wildman–Crippen LogP) is 4.21. The third kappa shape index (κ3) is 4.43. The molecule has 0 spiro atoms. The Kier molecular flexibility index (Phi) is 5.54. The largest absolute Gasteiger partial charge is 0.393 e. The summed E-state index contributed by atoms with van der Waals surface area (Å²) in [4.78, 5) is 26.1. The van der Waals surface area contributed by atoms with Crippen LogP contribution in [0, 0.1) is 12.8 Å². The average molecular weight is 461 g/mol. The van der Waals surface area contributed by atoms with Gasteiger partial charge >= 0.3 is 6.18 Å². The van der Waals surface area contributed by atoms with Gasteiger partial charge in [-0.1, -0.05) is 6.07 Å². The van der Waals surface area contributed by atoms with Gasteiger partial charge in [-0.3, -0.25) is 4.79 Å². The molecule has 3 aliphatic heterocycles. The van der Waals surface area contributed by atoms with E-state index in [4.69, 9.17) is 4.98 Å². The van der Waals surface area contributed by atoms with Crippen molar-refractivity contribution in [2.24, 2.45) is 5.92 Å². The Balaban J connectivity index is 1.52. The third-order valence-corrected chi connectivity index (χ3v) is 6.67. The second-order valence-corrected chi connectivity index (χ2v) is 9.16. The summed E-state index contributed by atoms with van der Waals surface area (Å²) < 4.78 is 40.5. The fourth-order valence-corrected chi connectivity index (χ4v) is 4.92. The molecule has 5 heterocycles. The SMILES string of the molecule is Cc1ccc(NC(=O)c2cc3c(nc2N2CCC[C@H](C(F)(F)F)C2)N[C@H]2CCCN3C2)nc1. The number of aryl methyl sites for hydroxylation is 1. The van der Waals surface area contributed by atoms with Gasteiger partial charge in [-0.25, -0.2) is 9.97 Å². The minimum absolute atomic E-state index is 0.0911. The number of piperidine rings is 2. The summed E-state index contributed by atoms with van der Waals surface area (Å²) in [6.45, 7) is 3.82. The van der Waals surface area contributed by atoms with Gasteiger partial charge in [0.1, 0.15) is 11.6 Å². The quantitative estimate of drug-likeness (QED) is 0.715. The zero-order chi connectivity index (χ0) is 23.2. The first-order valence-electron chi connectivity index (χ1n) is 11.4. The predicted molar refractivity (Wildman–Crippen MR) is 121 cm³/mol. The van der Waals surface area contributed by atoms with Crippen molar-refractivity contribution in [3.05, 3.63) is 35.5 Å². The summed E-state index contributed by atoms with van der Waals surface area (Å²) in [5.74, 6) is -0.543. The molecule has 2 aromatic heterocycles. The summed E-state index contributed by atoms with van der Waals surface area (Å²) in [7, 11) is 0. The maximum Gasteiger partial charge on any atom is 0.393 e. The number of carbonyl (C=O) groups excluding carboxylic acids is 1. The van der Waals surface area contributed by atoms with Crippen molar-refractivity contribution in [1.29, 1.82) is 0 Å². The number of alkyl halides is 3. The maximum absolute atomic E-state index is 13.5. The topological polar surface area (TPSA) is 73.4 Å². The Bertz CT molecular complexity index is 1040. The highest BCUT2D eigenvalue weighted by Gasteiger charge is 2.43.